The molecule has 3 heterocycles. The monoisotopic (exact) mass is 332 g/mol. The standard InChI is InChI=1S/C17H25FN6/c1-3-6-23-10-14(8-21-23)9-22(2)12-16-7-15(18)11-24(16)17-4-5-19-13-20-17/h4-5,8,10,13,15-16H,3,6-7,9,11-12H2,1-2H3/t15-,16-/m0/s1. The van der Waals surface area contributed by atoms with Crippen molar-refractivity contribution in [2.24, 2.45) is 0 Å². The number of aromatic nitrogens is 4. The number of rotatable bonds is 7. The van der Waals surface area contributed by atoms with Crippen LogP contribution in [-0.2, 0) is 13.1 Å². The highest BCUT2D eigenvalue weighted by Crippen LogP contribution is 2.26. The van der Waals surface area contributed by atoms with E-state index >= 15 is 0 Å². The van der Waals surface area contributed by atoms with Gasteiger partial charge < -0.3 is 4.90 Å². The highest BCUT2D eigenvalue weighted by Gasteiger charge is 2.33. The molecule has 0 saturated carbocycles. The Labute approximate surface area is 142 Å². The summed E-state index contributed by atoms with van der Waals surface area (Å²) in [7, 11) is 2.07. The van der Waals surface area contributed by atoms with Crippen molar-refractivity contribution in [1.29, 1.82) is 0 Å². The number of halogens is 1. The Morgan fingerprint density at radius 2 is 2.29 bits per heavy atom. The van der Waals surface area contributed by atoms with Crippen LogP contribution in [-0.4, -0.2) is 57.0 Å². The largest absolute Gasteiger partial charge is 0.349 e. The van der Waals surface area contributed by atoms with E-state index < -0.39 is 6.17 Å². The molecule has 1 aliphatic rings. The Bertz CT molecular complexity index is 631. The van der Waals surface area contributed by atoms with Crippen LogP contribution in [0.2, 0.25) is 0 Å². The van der Waals surface area contributed by atoms with Crippen LogP contribution in [0.3, 0.4) is 0 Å². The molecule has 2 aromatic heterocycles. The van der Waals surface area contributed by atoms with Gasteiger partial charge in [-0.05, 0) is 19.5 Å². The van der Waals surface area contributed by atoms with E-state index in [-0.39, 0.29) is 6.04 Å². The maximum absolute atomic E-state index is 14.0. The molecule has 0 unspecified atom stereocenters. The van der Waals surface area contributed by atoms with E-state index in [1.165, 1.54) is 11.9 Å². The van der Waals surface area contributed by atoms with Gasteiger partial charge in [0, 0.05) is 50.1 Å². The van der Waals surface area contributed by atoms with Crippen molar-refractivity contribution in [2.45, 2.75) is 45.1 Å². The van der Waals surface area contributed by atoms with Crippen LogP contribution in [0.5, 0.6) is 0 Å². The summed E-state index contributed by atoms with van der Waals surface area (Å²) < 4.78 is 15.9. The zero-order valence-corrected chi connectivity index (χ0v) is 14.3. The van der Waals surface area contributed by atoms with Crippen LogP contribution in [0.25, 0.3) is 0 Å². The molecule has 1 saturated heterocycles. The first-order valence-corrected chi connectivity index (χ1v) is 8.52. The lowest BCUT2D eigenvalue weighted by Gasteiger charge is -2.28. The summed E-state index contributed by atoms with van der Waals surface area (Å²) in [5.74, 6) is 0.805. The smallest absolute Gasteiger partial charge is 0.132 e. The minimum Gasteiger partial charge on any atom is -0.349 e. The molecule has 130 valence electrons. The minimum atomic E-state index is -0.800. The predicted molar refractivity (Wildman–Crippen MR) is 91.5 cm³/mol. The van der Waals surface area contributed by atoms with Gasteiger partial charge in [-0.1, -0.05) is 6.92 Å². The molecule has 2 aromatic rings. The van der Waals surface area contributed by atoms with Crippen molar-refractivity contribution in [3.05, 3.63) is 36.5 Å². The fraction of sp³-hybridized carbons (Fsp3) is 0.588. The summed E-state index contributed by atoms with van der Waals surface area (Å²) >= 11 is 0. The van der Waals surface area contributed by atoms with Crippen molar-refractivity contribution in [2.75, 3.05) is 25.0 Å². The quantitative estimate of drug-likeness (QED) is 0.777. The van der Waals surface area contributed by atoms with Crippen LogP contribution in [0, 0.1) is 0 Å². The number of alkyl halides is 1. The molecule has 3 rings (SSSR count). The van der Waals surface area contributed by atoms with Gasteiger partial charge in [-0.25, -0.2) is 14.4 Å². The Kier molecular flexibility index (Phi) is 5.40. The second kappa shape index (κ2) is 7.70. The molecule has 7 heteroatoms. The lowest BCUT2D eigenvalue weighted by Crippen LogP contribution is -2.39. The highest BCUT2D eigenvalue weighted by molar-refractivity contribution is 5.40. The Hall–Kier alpha value is -2.02. The van der Waals surface area contributed by atoms with Crippen molar-refractivity contribution in [1.82, 2.24) is 24.6 Å². The molecule has 0 N–H and O–H groups in total. The normalized spacial score (nSPS) is 20.9. The molecule has 24 heavy (non-hydrogen) atoms. The Balaban J connectivity index is 1.60. The van der Waals surface area contributed by atoms with E-state index in [9.17, 15) is 4.39 Å². The SMILES string of the molecule is CCCn1cc(CN(C)C[C@@H]2C[C@H](F)CN2c2ccncn2)cn1. The van der Waals surface area contributed by atoms with Crippen LogP contribution in [0.1, 0.15) is 25.3 Å². The molecule has 1 aliphatic heterocycles. The zero-order valence-electron chi connectivity index (χ0n) is 14.3. The molecule has 1 fully saturated rings. The number of aryl methyl sites for hydroxylation is 1. The fourth-order valence-electron chi connectivity index (χ4n) is 3.34. The second-order valence-electron chi connectivity index (χ2n) is 6.52. The maximum atomic E-state index is 14.0. The minimum absolute atomic E-state index is 0.130. The number of nitrogens with zero attached hydrogens (tertiary/aromatic N) is 6. The van der Waals surface area contributed by atoms with Gasteiger partial charge in [0.15, 0.2) is 0 Å². The Morgan fingerprint density at radius 3 is 3.04 bits per heavy atom. The van der Waals surface area contributed by atoms with Gasteiger partial charge in [-0.2, -0.15) is 5.10 Å². The lowest BCUT2D eigenvalue weighted by molar-refractivity contribution is 0.289. The molecular weight excluding hydrogens is 307 g/mol. The number of likely N-dealkylation sites (N-methyl/N-ethyl adjacent to an activating group) is 1. The van der Waals surface area contributed by atoms with Gasteiger partial charge in [0.05, 0.1) is 12.7 Å². The van der Waals surface area contributed by atoms with E-state index in [1.54, 1.807) is 6.20 Å². The third-order valence-corrected chi connectivity index (χ3v) is 4.34. The van der Waals surface area contributed by atoms with E-state index in [0.717, 1.165) is 31.9 Å². The first-order valence-electron chi connectivity index (χ1n) is 8.52. The molecule has 0 radical (unpaired) electrons. The van der Waals surface area contributed by atoms with Crippen LogP contribution < -0.4 is 4.90 Å². The van der Waals surface area contributed by atoms with Gasteiger partial charge in [-0.15, -0.1) is 0 Å². The average Bonchev–Trinajstić information content (AvgIpc) is 3.15. The van der Waals surface area contributed by atoms with Gasteiger partial charge in [0.1, 0.15) is 18.3 Å². The summed E-state index contributed by atoms with van der Waals surface area (Å²) in [6, 6.07) is 1.98. The van der Waals surface area contributed by atoms with Crippen molar-refractivity contribution in [3.8, 4) is 0 Å². The molecule has 0 spiro atoms. The number of anilines is 1. The molecule has 2 atom stereocenters. The molecule has 6 nitrogen and oxygen atoms in total. The molecule has 0 aromatic carbocycles. The number of hydrogen-bond acceptors (Lipinski definition) is 5. The third-order valence-electron chi connectivity index (χ3n) is 4.34. The first-order chi connectivity index (χ1) is 11.7. The van der Waals surface area contributed by atoms with Gasteiger partial charge in [0.25, 0.3) is 0 Å². The Morgan fingerprint density at radius 1 is 1.42 bits per heavy atom. The summed E-state index contributed by atoms with van der Waals surface area (Å²) in [6.45, 7) is 5.10. The van der Waals surface area contributed by atoms with Crippen LogP contribution in [0.4, 0.5) is 10.2 Å². The molecule has 0 amide bonds. The van der Waals surface area contributed by atoms with Gasteiger partial charge >= 0.3 is 0 Å². The van der Waals surface area contributed by atoms with Crippen LogP contribution in [0.15, 0.2) is 31.0 Å². The highest BCUT2D eigenvalue weighted by atomic mass is 19.1. The average molecular weight is 332 g/mol. The van der Waals surface area contributed by atoms with Crippen molar-refractivity contribution < 1.29 is 4.39 Å². The molecule has 0 aliphatic carbocycles. The van der Waals surface area contributed by atoms with E-state index in [4.69, 9.17) is 0 Å². The third kappa shape index (κ3) is 4.08. The topological polar surface area (TPSA) is 50.1 Å². The van der Waals surface area contributed by atoms with E-state index in [0.29, 0.717) is 13.0 Å². The maximum Gasteiger partial charge on any atom is 0.132 e. The number of hydrogen-bond donors (Lipinski definition) is 0. The summed E-state index contributed by atoms with van der Waals surface area (Å²) in [4.78, 5) is 12.5. The van der Waals surface area contributed by atoms with Gasteiger partial charge in [0.2, 0.25) is 0 Å². The molecular formula is C17H25FN6. The summed E-state index contributed by atoms with van der Waals surface area (Å²) in [6.07, 6.45) is 8.05. The van der Waals surface area contributed by atoms with E-state index in [1.807, 2.05) is 16.9 Å². The van der Waals surface area contributed by atoms with Crippen molar-refractivity contribution in [3.63, 3.8) is 0 Å². The summed E-state index contributed by atoms with van der Waals surface area (Å²) in [5.41, 5.74) is 1.19. The van der Waals surface area contributed by atoms with Crippen LogP contribution >= 0.6 is 0 Å². The summed E-state index contributed by atoms with van der Waals surface area (Å²) in [5, 5.41) is 4.37. The zero-order chi connectivity index (χ0) is 16.9. The fourth-order valence-corrected chi connectivity index (χ4v) is 3.34. The van der Waals surface area contributed by atoms with Crippen molar-refractivity contribution >= 4 is 5.82 Å². The molecule has 0 bridgehead atoms. The van der Waals surface area contributed by atoms with E-state index in [2.05, 4.69) is 45.0 Å². The first kappa shape index (κ1) is 16.8. The second-order valence-corrected chi connectivity index (χ2v) is 6.52. The predicted octanol–water partition coefficient (Wildman–Crippen LogP) is 2.13. The lowest BCUT2D eigenvalue weighted by atomic mass is 10.2. The van der Waals surface area contributed by atoms with Gasteiger partial charge in [-0.3, -0.25) is 9.58 Å².